The molecule has 1 fully saturated rings. The minimum atomic E-state index is -0.0850. The summed E-state index contributed by atoms with van der Waals surface area (Å²) in [5.74, 6) is 1.70. The normalized spacial score (nSPS) is 16.9. The van der Waals surface area contributed by atoms with Gasteiger partial charge in [0.15, 0.2) is 0 Å². The van der Waals surface area contributed by atoms with Gasteiger partial charge in [0, 0.05) is 19.2 Å². The Labute approximate surface area is 181 Å². The average Bonchev–Trinajstić information content (AvgIpc) is 3.26. The number of hydrogen-bond donors (Lipinski definition) is 0. The van der Waals surface area contributed by atoms with Crippen molar-refractivity contribution in [2.24, 2.45) is 0 Å². The summed E-state index contributed by atoms with van der Waals surface area (Å²) >= 11 is 1.62. The second-order valence-electron chi connectivity index (χ2n) is 7.43. The van der Waals surface area contributed by atoms with Crippen molar-refractivity contribution in [3.05, 3.63) is 65.3 Å². The number of amides is 1. The molecule has 1 saturated heterocycles. The lowest BCUT2D eigenvalue weighted by molar-refractivity contribution is -0.133. The number of carbonyl (C=O) groups excluding carboxylic acids is 1. The van der Waals surface area contributed by atoms with Gasteiger partial charge in [-0.2, -0.15) is 0 Å². The number of ether oxygens (including phenoxy) is 2. The van der Waals surface area contributed by atoms with E-state index in [0.29, 0.717) is 13.0 Å². The first-order valence-corrected chi connectivity index (χ1v) is 11.1. The van der Waals surface area contributed by atoms with E-state index in [0.717, 1.165) is 52.3 Å². The van der Waals surface area contributed by atoms with Crippen LogP contribution in [0.1, 0.15) is 42.9 Å². The quantitative estimate of drug-likeness (QED) is 0.528. The second kappa shape index (κ2) is 9.30. The predicted molar refractivity (Wildman–Crippen MR) is 119 cm³/mol. The van der Waals surface area contributed by atoms with Gasteiger partial charge in [0.25, 0.3) is 0 Å². The highest BCUT2D eigenvalue weighted by Crippen LogP contribution is 2.42. The maximum atomic E-state index is 13.2. The minimum absolute atomic E-state index is 0.0850. The first kappa shape index (κ1) is 20.4. The fraction of sp³-hybridized carbons (Fsp3) is 0.333. The Hall–Kier alpha value is -2.86. The van der Waals surface area contributed by atoms with Crippen LogP contribution in [-0.2, 0) is 11.3 Å². The third-order valence-corrected chi connectivity index (χ3v) is 6.43. The molecule has 1 aliphatic heterocycles. The zero-order valence-corrected chi connectivity index (χ0v) is 18.2. The van der Waals surface area contributed by atoms with Crippen LogP contribution in [0.25, 0.3) is 10.4 Å². The summed E-state index contributed by atoms with van der Waals surface area (Å²) < 4.78 is 11.3. The number of benzene rings is 2. The molecule has 0 radical (unpaired) electrons. The van der Waals surface area contributed by atoms with Crippen molar-refractivity contribution in [2.75, 3.05) is 14.2 Å². The van der Waals surface area contributed by atoms with Crippen molar-refractivity contribution in [1.82, 2.24) is 9.88 Å². The summed E-state index contributed by atoms with van der Waals surface area (Å²) in [5, 5.41) is 0. The van der Waals surface area contributed by atoms with E-state index in [9.17, 15) is 4.79 Å². The third kappa shape index (κ3) is 4.19. The van der Waals surface area contributed by atoms with Crippen LogP contribution >= 0.6 is 11.3 Å². The van der Waals surface area contributed by atoms with E-state index >= 15 is 0 Å². The Balaban J connectivity index is 1.71. The second-order valence-corrected chi connectivity index (χ2v) is 8.31. The lowest BCUT2D eigenvalue weighted by Crippen LogP contribution is -2.33. The standard InChI is InChI=1S/C24H26N2O3S/c1-28-20-10-6-11-21(29-2)24(20)19-9-3-4-12-23(27)26(19)15-17-7-5-8-18(13-17)22-14-25-16-30-22/h5-8,10-11,13-14,16,19H,3-4,9,12,15H2,1-2H3. The van der Waals surface area contributed by atoms with E-state index in [4.69, 9.17) is 9.47 Å². The zero-order valence-electron chi connectivity index (χ0n) is 17.3. The summed E-state index contributed by atoms with van der Waals surface area (Å²) in [7, 11) is 3.33. The lowest BCUT2D eigenvalue weighted by Gasteiger charge is -2.32. The van der Waals surface area contributed by atoms with Gasteiger partial charge in [0.1, 0.15) is 11.5 Å². The van der Waals surface area contributed by atoms with E-state index in [1.165, 1.54) is 0 Å². The molecule has 1 unspecified atom stereocenters. The van der Waals surface area contributed by atoms with E-state index in [2.05, 4.69) is 23.2 Å². The number of carbonyl (C=O) groups is 1. The molecular weight excluding hydrogens is 396 g/mol. The number of hydrogen-bond acceptors (Lipinski definition) is 5. The Morgan fingerprint density at radius 1 is 1.10 bits per heavy atom. The van der Waals surface area contributed by atoms with Crippen molar-refractivity contribution in [3.63, 3.8) is 0 Å². The van der Waals surface area contributed by atoms with Gasteiger partial charge in [-0.3, -0.25) is 9.78 Å². The number of rotatable bonds is 6. The molecule has 6 heteroatoms. The highest BCUT2D eigenvalue weighted by Gasteiger charge is 2.32. The highest BCUT2D eigenvalue weighted by molar-refractivity contribution is 7.13. The van der Waals surface area contributed by atoms with Gasteiger partial charge in [0.2, 0.25) is 5.91 Å². The topological polar surface area (TPSA) is 51.7 Å². The molecule has 0 aliphatic carbocycles. The molecule has 1 atom stereocenters. The van der Waals surface area contributed by atoms with Crippen LogP contribution in [0.5, 0.6) is 11.5 Å². The van der Waals surface area contributed by atoms with Crippen molar-refractivity contribution < 1.29 is 14.3 Å². The van der Waals surface area contributed by atoms with E-state index < -0.39 is 0 Å². The summed E-state index contributed by atoms with van der Waals surface area (Å²) in [4.78, 5) is 20.5. The smallest absolute Gasteiger partial charge is 0.223 e. The van der Waals surface area contributed by atoms with Gasteiger partial charge in [-0.1, -0.05) is 30.7 Å². The molecule has 1 aromatic heterocycles. The molecule has 0 bridgehead atoms. The molecule has 5 nitrogen and oxygen atoms in total. The van der Waals surface area contributed by atoms with Crippen molar-refractivity contribution >= 4 is 17.2 Å². The zero-order chi connectivity index (χ0) is 20.9. The largest absolute Gasteiger partial charge is 0.496 e. The molecule has 4 rings (SSSR count). The Bertz CT molecular complexity index is 981. The van der Waals surface area contributed by atoms with Gasteiger partial charge >= 0.3 is 0 Å². The first-order chi connectivity index (χ1) is 14.7. The Kier molecular flexibility index (Phi) is 6.33. The monoisotopic (exact) mass is 422 g/mol. The first-order valence-electron chi connectivity index (χ1n) is 10.2. The number of thiazole rings is 1. The molecule has 0 saturated carbocycles. The number of methoxy groups -OCH3 is 2. The molecule has 0 N–H and O–H groups in total. The molecule has 1 amide bonds. The Morgan fingerprint density at radius 2 is 1.87 bits per heavy atom. The fourth-order valence-corrected chi connectivity index (χ4v) is 4.79. The molecule has 156 valence electrons. The van der Waals surface area contributed by atoms with Gasteiger partial charge in [-0.15, -0.1) is 11.3 Å². The number of likely N-dealkylation sites (tertiary alicyclic amines) is 1. The van der Waals surface area contributed by atoms with Crippen LogP contribution in [0.4, 0.5) is 0 Å². The molecule has 30 heavy (non-hydrogen) atoms. The van der Waals surface area contributed by atoms with Crippen molar-refractivity contribution in [2.45, 2.75) is 38.3 Å². The highest BCUT2D eigenvalue weighted by atomic mass is 32.1. The maximum Gasteiger partial charge on any atom is 0.223 e. The van der Waals surface area contributed by atoms with Crippen molar-refractivity contribution in [3.8, 4) is 21.9 Å². The van der Waals surface area contributed by atoms with Crippen LogP contribution in [-0.4, -0.2) is 30.0 Å². The number of aromatic nitrogens is 1. The molecule has 1 aliphatic rings. The Morgan fingerprint density at radius 3 is 2.57 bits per heavy atom. The van der Waals surface area contributed by atoms with Crippen molar-refractivity contribution in [1.29, 1.82) is 0 Å². The minimum Gasteiger partial charge on any atom is -0.496 e. The summed E-state index contributed by atoms with van der Waals surface area (Å²) in [6, 6.07) is 14.1. The van der Waals surface area contributed by atoms with Crippen LogP contribution in [0.3, 0.4) is 0 Å². The van der Waals surface area contributed by atoms with Crippen LogP contribution < -0.4 is 9.47 Å². The third-order valence-electron chi connectivity index (χ3n) is 5.61. The summed E-state index contributed by atoms with van der Waals surface area (Å²) in [6.07, 6.45) is 5.24. The number of nitrogens with zero attached hydrogens (tertiary/aromatic N) is 2. The SMILES string of the molecule is COc1cccc(OC)c1C1CCCCC(=O)N1Cc1cccc(-c2cncs2)c1. The van der Waals surface area contributed by atoms with Gasteiger partial charge in [-0.05, 0) is 42.2 Å². The van der Waals surface area contributed by atoms with E-state index in [1.807, 2.05) is 40.9 Å². The maximum absolute atomic E-state index is 13.2. The van der Waals surface area contributed by atoms with Crippen LogP contribution in [0, 0.1) is 0 Å². The average molecular weight is 423 g/mol. The molecule has 2 aromatic carbocycles. The van der Waals surface area contributed by atoms with Crippen LogP contribution in [0.15, 0.2) is 54.2 Å². The van der Waals surface area contributed by atoms with E-state index in [-0.39, 0.29) is 11.9 Å². The summed E-state index contributed by atoms with van der Waals surface area (Å²) in [6.45, 7) is 0.553. The van der Waals surface area contributed by atoms with Crippen LogP contribution in [0.2, 0.25) is 0 Å². The van der Waals surface area contributed by atoms with Gasteiger partial charge in [0.05, 0.1) is 36.2 Å². The molecule has 2 heterocycles. The predicted octanol–water partition coefficient (Wildman–Crippen LogP) is 5.47. The molecule has 0 spiro atoms. The van der Waals surface area contributed by atoms with Gasteiger partial charge in [-0.25, -0.2) is 0 Å². The summed E-state index contributed by atoms with van der Waals surface area (Å²) in [5.41, 5.74) is 5.03. The fourth-order valence-electron chi connectivity index (χ4n) is 4.17. The molecule has 3 aromatic rings. The van der Waals surface area contributed by atoms with E-state index in [1.54, 1.807) is 25.6 Å². The molecular formula is C24H26N2O3S. The van der Waals surface area contributed by atoms with Gasteiger partial charge < -0.3 is 14.4 Å². The lowest BCUT2D eigenvalue weighted by atomic mass is 9.97.